The summed E-state index contributed by atoms with van der Waals surface area (Å²) < 4.78 is 20.7. The zero-order valence-corrected chi connectivity index (χ0v) is 13.1. The van der Waals surface area contributed by atoms with E-state index in [-0.39, 0.29) is 29.0 Å². The molecule has 0 radical (unpaired) electrons. The van der Waals surface area contributed by atoms with Gasteiger partial charge in [-0.15, -0.1) is 4.72 Å². The predicted molar refractivity (Wildman–Crippen MR) is 77.0 cm³/mol. The van der Waals surface area contributed by atoms with Crippen LogP contribution in [0.3, 0.4) is 0 Å². The summed E-state index contributed by atoms with van der Waals surface area (Å²) in [6.45, 7) is 9.70. The molecular formula is C12H24N4O2S. The maximum atomic E-state index is 12.0. The Morgan fingerprint density at radius 2 is 2.11 bits per heavy atom. The molecule has 0 amide bonds. The third-order valence-electron chi connectivity index (χ3n) is 3.29. The molecular weight excluding hydrogens is 264 g/mol. The van der Waals surface area contributed by atoms with Crippen LogP contribution in [0.5, 0.6) is 0 Å². The largest absolute Gasteiger partial charge is 0.598 e. The third kappa shape index (κ3) is 4.85. The molecule has 0 aromatic carbocycles. The van der Waals surface area contributed by atoms with Crippen molar-refractivity contribution in [1.29, 1.82) is 0 Å². The van der Waals surface area contributed by atoms with E-state index < -0.39 is 11.4 Å². The second kappa shape index (κ2) is 6.81. The lowest BCUT2D eigenvalue weighted by Gasteiger charge is -2.36. The average molecular weight is 288 g/mol. The first kappa shape index (κ1) is 16.6. The highest BCUT2D eigenvalue weighted by molar-refractivity contribution is 7.90. The Bertz CT molecular complexity index is 341. The summed E-state index contributed by atoms with van der Waals surface area (Å²) in [6, 6.07) is -0.0870. The Hall–Kier alpha value is -0.460. The first-order valence-corrected chi connectivity index (χ1v) is 7.78. The number of hydrogen-bond donors (Lipinski definition) is 1. The van der Waals surface area contributed by atoms with Crippen LogP contribution in [-0.4, -0.2) is 33.6 Å². The fourth-order valence-corrected chi connectivity index (χ4v) is 2.85. The standard InChI is InChI=1S/C12H24N4O2S/c1-8(15-19(17)12(3,4)5)11-7-6-10(14-16-13)9(2)18-11/h8-11,15H,6-7H2,1-5H3. The summed E-state index contributed by atoms with van der Waals surface area (Å²) >= 11 is -1.10. The maximum absolute atomic E-state index is 12.0. The van der Waals surface area contributed by atoms with E-state index in [4.69, 9.17) is 10.3 Å². The third-order valence-corrected chi connectivity index (χ3v) is 4.98. The molecule has 1 N–H and O–H groups in total. The van der Waals surface area contributed by atoms with Crippen molar-refractivity contribution in [1.82, 2.24) is 4.72 Å². The summed E-state index contributed by atoms with van der Waals surface area (Å²) in [4.78, 5) is 2.84. The fourth-order valence-electron chi connectivity index (χ4n) is 2.01. The Kier molecular flexibility index (Phi) is 5.95. The topological polar surface area (TPSA) is 93.1 Å². The highest BCUT2D eigenvalue weighted by Gasteiger charge is 2.35. The van der Waals surface area contributed by atoms with Gasteiger partial charge in [0.05, 0.1) is 24.3 Å². The molecule has 5 unspecified atom stereocenters. The minimum Gasteiger partial charge on any atom is -0.598 e. The molecule has 1 rings (SSSR count). The molecule has 1 aliphatic heterocycles. The van der Waals surface area contributed by atoms with Crippen molar-refractivity contribution in [3.05, 3.63) is 10.4 Å². The van der Waals surface area contributed by atoms with Crippen molar-refractivity contribution in [2.75, 3.05) is 0 Å². The zero-order chi connectivity index (χ0) is 14.6. The second-order valence-corrected chi connectivity index (χ2v) is 8.01. The molecule has 0 aromatic heterocycles. The van der Waals surface area contributed by atoms with Gasteiger partial charge in [0.25, 0.3) is 0 Å². The molecule has 0 bridgehead atoms. The van der Waals surface area contributed by atoms with Crippen molar-refractivity contribution in [2.24, 2.45) is 5.11 Å². The number of hydrogen-bond acceptors (Lipinski definition) is 4. The summed E-state index contributed by atoms with van der Waals surface area (Å²) in [5, 5.41) is 3.73. The number of nitrogens with one attached hydrogen (secondary N) is 1. The van der Waals surface area contributed by atoms with Crippen LogP contribution in [0.15, 0.2) is 5.11 Å². The molecule has 19 heavy (non-hydrogen) atoms. The smallest absolute Gasteiger partial charge is 0.136 e. The molecule has 1 aliphatic rings. The van der Waals surface area contributed by atoms with Crippen LogP contribution in [0, 0.1) is 0 Å². The minimum absolute atomic E-state index is 0.00597. The van der Waals surface area contributed by atoms with Crippen LogP contribution in [-0.2, 0) is 16.1 Å². The van der Waals surface area contributed by atoms with Crippen molar-refractivity contribution < 1.29 is 9.29 Å². The first-order chi connectivity index (χ1) is 8.75. The molecule has 5 atom stereocenters. The quantitative estimate of drug-likeness (QED) is 0.373. The lowest BCUT2D eigenvalue weighted by molar-refractivity contribution is -0.0616. The van der Waals surface area contributed by atoms with Crippen LogP contribution >= 0.6 is 0 Å². The van der Waals surface area contributed by atoms with Gasteiger partial charge in [0.1, 0.15) is 4.75 Å². The average Bonchev–Trinajstić information content (AvgIpc) is 2.30. The van der Waals surface area contributed by atoms with Gasteiger partial charge in [0.15, 0.2) is 0 Å². The monoisotopic (exact) mass is 288 g/mol. The van der Waals surface area contributed by atoms with Crippen molar-refractivity contribution in [3.63, 3.8) is 0 Å². The molecule has 1 heterocycles. The van der Waals surface area contributed by atoms with Gasteiger partial charge in [-0.1, -0.05) is 5.11 Å². The molecule has 7 heteroatoms. The van der Waals surface area contributed by atoms with Gasteiger partial charge in [0, 0.05) is 16.3 Å². The number of nitrogens with zero attached hydrogens (tertiary/aromatic N) is 3. The summed E-state index contributed by atoms with van der Waals surface area (Å²) in [5.74, 6) is 0. The predicted octanol–water partition coefficient (Wildman–Crippen LogP) is 2.67. The molecule has 0 saturated carbocycles. The number of ether oxygens (including phenoxy) is 1. The van der Waals surface area contributed by atoms with Gasteiger partial charge in [-0.2, -0.15) is 0 Å². The van der Waals surface area contributed by atoms with Crippen LogP contribution in [0.1, 0.15) is 47.5 Å². The summed E-state index contributed by atoms with van der Waals surface area (Å²) in [6.07, 6.45) is 1.53. The first-order valence-electron chi connectivity index (χ1n) is 6.63. The summed E-state index contributed by atoms with van der Waals surface area (Å²) in [5.41, 5.74) is 8.47. The second-order valence-electron chi connectivity index (χ2n) is 6.02. The van der Waals surface area contributed by atoms with Crippen LogP contribution in [0.2, 0.25) is 0 Å². The normalized spacial score (nSPS) is 31.4. The van der Waals surface area contributed by atoms with Gasteiger partial charge in [-0.3, -0.25) is 0 Å². The van der Waals surface area contributed by atoms with Gasteiger partial charge < -0.3 is 9.29 Å². The van der Waals surface area contributed by atoms with E-state index in [2.05, 4.69) is 14.7 Å². The van der Waals surface area contributed by atoms with Crippen LogP contribution < -0.4 is 4.72 Å². The lowest BCUT2D eigenvalue weighted by atomic mass is 9.97. The Balaban J connectivity index is 2.52. The molecule has 1 fully saturated rings. The summed E-state index contributed by atoms with van der Waals surface area (Å²) in [7, 11) is 0. The van der Waals surface area contributed by atoms with E-state index in [1.54, 1.807) is 0 Å². The number of azide groups is 1. The van der Waals surface area contributed by atoms with Gasteiger partial charge in [-0.25, -0.2) is 0 Å². The van der Waals surface area contributed by atoms with E-state index in [0.29, 0.717) is 0 Å². The fraction of sp³-hybridized carbons (Fsp3) is 1.00. The molecule has 6 nitrogen and oxygen atoms in total. The number of rotatable bonds is 4. The van der Waals surface area contributed by atoms with Crippen molar-refractivity contribution >= 4 is 11.4 Å². The maximum Gasteiger partial charge on any atom is 0.136 e. The van der Waals surface area contributed by atoms with Gasteiger partial charge >= 0.3 is 0 Å². The molecule has 1 saturated heterocycles. The molecule has 0 aliphatic carbocycles. The lowest BCUT2D eigenvalue weighted by Crippen LogP contribution is -2.51. The van der Waals surface area contributed by atoms with Crippen molar-refractivity contribution in [3.8, 4) is 0 Å². The van der Waals surface area contributed by atoms with E-state index in [1.807, 2.05) is 34.6 Å². The van der Waals surface area contributed by atoms with Crippen LogP contribution in [0.4, 0.5) is 0 Å². The SMILES string of the molecule is CC(N[S+]([O-])C(C)(C)C)C1CCC(N=[N+]=[N-])C(C)O1. The van der Waals surface area contributed by atoms with Gasteiger partial charge in [0.2, 0.25) is 0 Å². The van der Waals surface area contributed by atoms with E-state index in [1.165, 1.54) is 0 Å². The van der Waals surface area contributed by atoms with Gasteiger partial charge in [-0.05, 0) is 53.0 Å². The van der Waals surface area contributed by atoms with E-state index >= 15 is 0 Å². The molecule has 0 spiro atoms. The van der Waals surface area contributed by atoms with Crippen molar-refractivity contribution in [2.45, 2.75) is 76.5 Å². The van der Waals surface area contributed by atoms with E-state index in [9.17, 15) is 4.55 Å². The van der Waals surface area contributed by atoms with Crippen LogP contribution in [0.25, 0.3) is 10.4 Å². The minimum atomic E-state index is -1.10. The Morgan fingerprint density at radius 3 is 2.58 bits per heavy atom. The van der Waals surface area contributed by atoms with E-state index in [0.717, 1.165) is 12.8 Å². The highest BCUT2D eigenvalue weighted by Crippen LogP contribution is 2.25. The molecule has 0 aromatic rings. The highest BCUT2D eigenvalue weighted by atomic mass is 32.2. The zero-order valence-electron chi connectivity index (χ0n) is 12.3. The Morgan fingerprint density at radius 1 is 1.47 bits per heavy atom. The Labute approximate surface area is 118 Å². The molecule has 110 valence electrons.